The molecule has 6 nitrogen and oxygen atoms in total. The molecule has 1 aliphatic heterocycles. The second-order valence-electron chi connectivity index (χ2n) is 5.18. The van der Waals surface area contributed by atoms with Crippen LogP contribution in [-0.2, 0) is 16.1 Å². The number of rotatable bonds is 5. The number of carbonyl (C=O) groups excluding carboxylic acids is 1. The van der Waals surface area contributed by atoms with Gasteiger partial charge in [0.15, 0.2) is 0 Å². The summed E-state index contributed by atoms with van der Waals surface area (Å²) in [6.45, 7) is 0.928. The summed E-state index contributed by atoms with van der Waals surface area (Å²) in [5, 5.41) is 14.7. The number of carboxylic acid groups (broad SMARTS) is 1. The van der Waals surface area contributed by atoms with Gasteiger partial charge in [0.1, 0.15) is 6.61 Å². The smallest absolute Gasteiger partial charge is 0.407 e. The standard InChI is InChI=1S/C15H20N2O4/c18-14(19)9-13-8-12(6-7-16-13)17-15(20)21-10-11-4-2-1-3-5-11/h1-5,12-13,16H,6-10H2,(H,17,20)(H,18,19)/t12-,13-/m0/s1. The molecule has 1 amide bonds. The van der Waals surface area contributed by atoms with Gasteiger partial charge >= 0.3 is 12.1 Å². The van der Waals surface area contributed by atoms with Crippen LogP contribution in [0.2, 0.25) is 0 Å². The molecule has 0 unspecified atom stereocenters. The predicted molar refractivity (Wildman–Crippen MR) is 76.8 cm³/mol. The summed E-state index contributed by atoms with van der Waals surface area (Å²) in [5.74, 6) is -0.834. The fraction of sp³-hybridized carbons (Fsp3) is 0.467. The molecule has 6 heteroatoms. The molecule has 0 aliphatic carbocycles. The summed E-state index contributed by atoms with van der Waals surface area (Å²) >= 11 is 0. The van der Waals surface area contributed by atoms with Crippen molar-refractivity contribution < 1.29 is 19.4 Å². The summed E-state index contributed by atoms with van der Waals surface area (Å²) < 4.78 is 5.16. The third kappa shape index (κ3) is 5.43. The number of alkyl carbamates (subject to hydrolysis) is 1. The number of aliphatic carboxylic acids is 1. The van der Waals surface area contributed by atoms with Crippen LogP contribution in [0.3, 0.4) is 0 Å². The molecule has 1 fully saturated rings. The highest BCUT2D eigenvalue weighted by atomic mass is 16.5. The van der Waals surface area contributed by atoms with E-state index < -0.39 is 12.1 Å². The third-order valence-corrected chi connectivity index (χ3v) is 3.45. The minimum atomic E-state index is -0.834. The second-order valence-corrected chi connectivity index (χ2v) is 5.18. The van der Waals surface area contributed by atoms with Crippen LogP contribution >= 0.6 is 0 Å². The monoisotopic (exact) mass is 292 g/mol. The quantitative estimate of drug-likeness (QED) is 0.765. The van der Waals surface area contributed by atoms with Gasteiger partial charge in [0.05, 0.1) is 6.42 Å². The largest absolute Gasteiger partial charge is 0.481 e. The highest BCUT2D eigenvalue weighted by Gasteiger charge is 2.24. The van der Waals surface area contributed by atoms with Crippen LogP contribution in [-0.4, -0.2) is 35.8 Å². The zero-order chi connectivity index (χ0) is 15.1. The van der Waals surface area contributed by atoms with Gasteiger partial charge in [0.2, 0.25) is 0 Å². The van der Waals surface area contributed by atoms with E-state index in [1.54, 1.807) is 0 Å². The maximum absolute atomic E-state index is 11.7. The lowest BCUT2D eigenvalue weighted by Crippen LogP contribution is -2.48. The van der Waals surface area contributed by atoms with E-state index in [-0.39, 0.29) is 25.1 Å². The first-order chi connectivity index (χ1) is 10.1. The summed E-state index contributed by atoms with van der Waals surface area (Å²) in [5.41, 5.74) is 0.932. The lowest BCUT2D eigenvalue weighted by Gasteiger charge is -2.29. The molecule has 3 N–H and O–H groups in total. The van der Waals surface area contributed by atoms with Gasteiger partial charge in [-0.25, -0.2) is 4.79 Å². The Morgan fingerprint density at radius 1 is 1.33 bits per heavy atom. The molecule has 1 aromatic carbocycles. The van der Waals surface area contributed by atoms with Crippen molar-refractivity contribution in [2.45, 2.75) is 38.0 Å². The topological polar surface area (TPSA) is 87.7 Å². The Balaban J connectivity index is 1.73. The van der Waals surface area contributed by atoms with Gasteiger partial charge in [-0.3, -0.25) is 4.79 Å². The van der Waals surface area contributed by atoms with Gasteiger partial charge in [0.25, 0.3) is 0 Å². The average molecular weight is 292 g/mol. The number of amides is 1. The maximum atomic E-state index is 11.7. The minimum absolute atomic E-state index is 0.0427. The van der Waals surface area contributed by atoms with Crippen LogP contribution in [0.4, 0.5) is 4.79 Å². The molecule has 0 bridgehead atoms. The number of hydrogen-bond acceptors (Lipinski definition) is 4. The van der Waals surface area contributed by atoms with Crippen molar-refractivity contribution in [1.29, 1.82) is 0 Å². The van der Waals surface area contributed by atoms with Gasteiger partial charge in [-0.1, -0.05) is 30.3 Å². The Hall–Kier alpha value is -2.08. The van der Waals surface area contributed by atoms with Crippen molar-refractivity contribution >= 4 is 12.1 Å². The molecule has 0 aromatic heterocycles. The molecule has 1 aliphatic rings. The molecule has 0 radical (unpaired) electrons. The van der Waals surface area contributed by atoms with Gasteiger partial charge in [-0.2, -0.15) is 0 Å². The molecule has 1 aromatic rings. The highest BCUT2D eigenvalue weighted by Crippen LogP contribution is 2.12. The van der Waals surface area contributed by atoms with E-state index in [9.17, 15) is 9.59 Å². The van der Waals surface area contributed by atoms with E-state index >= 15 is 0 Å². The van der Waals surface area contributed by atoms with E-state index in [0.29, 0.717) is 13.0 Å². The normalized spacial score (nSPS) is 21.5. The van der Waals surface area contributed by atoms with E-state index in [2.05, 4.69) is 10.6 Å². The summed E-state index contributed by atoms with van der Waals surface area (Å²) in [4.78, 5) is 22.4. The molecule has 114 valence electrons. The molecule has 2 atom stereocenters. The predicted octanol–water partition coefficient (Wildman–Crippen LogP) is 1.51. The van der Waals surface area contributed by atoms with Crippen molar-refractivity contribution in [2.24, 2.45) is 0 Å². The molecule has 21 heavy (non-hydrogen) atoms. The van der Waals surface area contributed by atoms with Gasteiger partial charge in [0, 0.05) is 12.1 Å². The van der Waals surface area contributed by atoms with Crippen molar-refractivity contribution in [3.05, 3.63) is 35.9 Å². The number of piperidine rings is 1. The summed E-state index contributed by atoms with van der Waals surface area (Å²) in [6, 6.07) is 9.32. The van der Waals surface area contributed by atoms with Crippen molar-refractivity contribution in [1.82, 2.24) is 10.6 Å². The first-order valence-electron chi connectivity index (χ1n) is 7.06. The molecule has 1 heterocycles. The average Bonchev–Trinajstić information content (AvgIpc) is 2.46. The van der Waals surface area contributed by atoms with Crippen LogP contribution < -0.4 is 10.6 Å². The molecule has 1 saturated heterocycles. The maximum Gasteiger partial charge on any atom is 0.407 e. The number of nitrogens with one attached hydrogen (secondary N) is 2. The zero-order valence-electron chi connectivity index (χ0n) is 11.7. The third-order valence-electron chi connectivity index (χ3n) is 3.45. The van der Waals surface area contributed by atoms with Crippen molar-refractivity contribution in [3.8, 4) is 0 Å². The number of carbonyl (C=O) groups is 2. The van der Waals surface area contributed by atoms with Crippen molar-refractivity contribution in [3.63, 3.8) is 0 Å². The first-order valence-corrected chi connectivity index (χ1v) is 7.06. The van der Waals surface area contributed by atoms with Crippen LogP contribution in [0.1, 0.15) is 24.8 Å². The van der Waals surface area contributed by atoms with E-state index in [1.165, 1.54) is 0 Å². The lowest BCUT2D eigenvalue weighted by atomic mass is 9.97. The second kappa shape index (κ2) is 7.64. The Bertz CT molecular complexity index is 478. The highest BCUT2D eigenvalue weighted by molar-refractivity contribution is 5.68. The number of hydrogen-bond donors (Lipinski definition) is 3. The fourth-order valence-corrected chi connectivity index (χ4v) is 2.44. The van der Waals surface area contributed by atoms with Crippen LogP contribution in [0.5, 0.6) is 0 Å². The zero-order valence-corrected chi connectivity index (χ0v) is 11.7. The minimum Gasteiger partial charge on any atom is -0.481 e. The molecule has 0 spiro atoms. The molecule has 2 rings (SSSR count). The van der Waals surface area contributed by atoms with E-state index in [0.717, 1.165) is 12.0 Å². The Labute approximate surface area is 123 Å². The van der Waals surface area contributed by atoms with Gasteiger partial charge in [-0.05, 0) is 24.9 Å². The summed E-state index contributed by atoms with van der Waals surface area (Å²) in [7, 11) is 0. The summed E-state index contributed by atoms with van der Waals surface area (Å²) in [6.07, 6.45) is 0.986. The molecular weight excluding hydrogens is 272 g/mol. The van der Waals surface area contributed by atoms with Gasteiger partial charge in [-0.15, -0.1) is 0 Å². The van der Waals surface area contributed by atoms with Gasteiger partial charge < -0.3 is 20.5 Å². The Kier molecular flexibility index (Phi) is 5.57. The number of ether oxygens (including phenoxy) is 1. The van der Waals surface area contributed by atoms with E-state index in [4.69, 9.17) is 9.84 Å². The van der Waals surface area contributed by atoms with Crippen LogP contribution in [0, 0.1) is 0 Å². The Morgan fingerprint density at radius 3 is 2.81 bits per heavy atom. The molecular formula is C15H20N2O4. The SMILES string of the molecule is O=C(O)C[C@@H]1C[C@@H](NC(=O)OCc2ccccc2)CCN1. The number of carboxylic acids is 1. The van der Waals surface area contributed by atoms with Crippen LogP contribution in [0.25, 0.3) is 0 Å². The Morgan fingerprint density at radius 2 is 2.10 bits per heavy atom. The number of benzene rings is 1. The van der Waals surface area contributed by atoms with E-state index in [1.807, 2.05) is 30.3 Å². The lowest BCUT2D eigenvalue weighted by molar-refractivity contribution is -0.137. The van der Waals surface area contributed by atoms with Crippen molar-refractivity contribution in [2.75, 3.05) is 6.54 Å². The molecule has 0 saturated carbocycles. The van der Waals surface area contributed by atoms with Crippen LogP contribution in [0.15, 0.2) is 30.3 Å². The fourth-order valence-electron chi connectivity index (χ4n) is 2.44. The first kappa shape index (κ1) is 15.3.